The number of aromatic nitrogens is 1. The lowest BCUT2D eigenvalue weighted by Gasteiger charge is -2.29. The average Bonchev–Trinajstić information content (AvgIpc) is 3.15. The highest BCUT2D eigenvalue weighted by Gasteiger charge is 2.35. The summed E-state index contributed by atoms with van der Waals surface area (Å²) in [6.45, 7) is 6.58. The number of likely N-dealkylation sites (tertiary alicyclic amines) is 1. The number of hydrogen-bond donors (Lipinski definition) is 1. The number of carbonyl (C=O) groups is 1. The number of piperidine rings is 1. The average molecular weight is 358 g/mol. The molecule has 0 radical (unpaired) electrons. The number of rotatable bonds is 5. The Hall–Kier alpha value is -1.46. The maximum atomic E-state index is 12.5. The van der Waals surface area contributed by atoms with Crippen molar-refractivity contribution in [2.75, 3.05) is 31.9 Å². The van der Waals surface area contributed by atoms with E-state index in [0.717, 1.165) is 19.5 Å². The third-order valence-electron chi connectivity index (χ3n) is 5.48. The molecule has 25 heavy (non-hydrogen) atoms. The Kier molecular flexibility index (Phi) is 5.04. The van der Waals surface area contributed by atoms with Gasteiger partial charge < -0.3 is 14.8 Å². The molecule has 1 N–H and O–H groups in total. The van der Waals surface area contributed by atoms with Gasteiger partial charge in [-0.05, 0) is 51.9 Å². The lowest BCUT2D eigenvalue weighted by atomic mass is 10.1. The van der Waals surface area contributed by atoms with Gasteiger partial charge in [0.05, 0.1) is 5.75 Å². The third-order valence-corrected chi connectivity index (χ3v) is 6.70. The maximum absolute atomic E-state index is 12.5. The zero-order valence-corrected chi connectivity index (χ0v) is 15.8. The lowest BCUT2D eigenvalue weighted by molar-refractivity contribution is -0.128. The van der Waals surface area contributed by atoms with Crippen LogP contribution in [0.15, 0.2) is 24.3 Å². The third kappa shape index (κ3) is 3.44. The fourth-order valence-electron chi connectivity index (χ4n) is 4.20. The summed E-state index contributed by atoms with van der Waals surface area (Å²) < 4.78 is 0. The molecule has 4 rings (SSSR count). The number of amides is 1. The molecule has 0 bridgehead atoms. The summed E-state index contributed by atoms with van der Waals surface area (Å²) in [5.41, 5.74) is 3.65. The van der Waals surface area contributed by atoms with E-state index in [1.165, 1.54) is 54.5 Å². The van der Waals surface area contributed by atoms with E-state index >= 15 is 0 Å². The van der Waals surface area contributed by atoms with Crippen molar-refractivity contribution in [2.24, 2.45) is 0 Å². The summed E-state index contributed by atoms with van der Waals surface area (Å²) in [4.78, 5) is 20.6. The van der Waals surface area contributed by atoms with E-state index in [0.29, 0.717) is 11.7 Å². The quantitative estimate of drug-likeness (QED) is 0.881. The molecule has 0 spiro atoms. The van der Waals surface area contributed by atoms with Crippen LogP contribution in [0.1, 0.15) is 42.3 Å². The van der Waals surface area contributed by atoms with Crippen LogP contribution >= 0.6 is 11.8 Å². The van der Waals surface area contributed by atoms with Crippen LogP contribution in [-0.2, 0) is 4.79 Å². The minimum absolute atomic E-state index is 0.157. The monoisotopic (exact) mass is 357 g/mol. The molecule has 2 aromatic rings. The van der Waals surface area contributed by atoms with Crippen LogP contribution in [0.3, 0.4) is 0 Å². The van der Waals surface area contributed by atoms with Crippen molar-refractivity contribution >= 4 is 28.6 Å². The van der Waals surface area contributed by atoms with Crippen LogP contribution in [-0.4, -0.2) is 52.6 Å². The molecule has 4 nitrogen and oxygen atoms in total. The SMILES string of the molecule is Cc1[nH]c2ccccc2c1C1SCC(=O)N1CCCN1CCCCC1. The van der Waals surface area contributed by atoms with Crippen LogP contribution < -0.4 is 0 Å². The summed E-state index contributed by atoms with van der Waals surface area (Å²) in [7, 11) is 0. The summed E-state index contributed by atoms with van der Waals surface area (Å²) in [6, 6.07) is 8.43. The first-order valence-corrected chi connectivity index (χ1v) is 10.5. The van der Waals surface area contributed by atoms with E-state index in [1.54, 1.807) is 11.8 Å². The largest absolute Gasteiger partial charge is 0.358 e. The Bertz CT molecular complexity index is 750. The summed E-state index contributed by atoms with van der Waals surface area (Å²) in [5.74, 6) is 0.895. The fraction of sp³-hybridized carbons (Fsp3) is 0.550. The van der Waals surface area contributed by atoms with Gasteiger partial charge in [-0.1, -0.05) is 24.6 Å². The number of benzene rings is 1. The molecule has 2 aliphatic heterocycles. The van der Waals surface area contributed by atoms with Gasteiger partial charge in [0.25, 0.3) is 0 Å². The Labute approximate surface area is 153 Å². The number of thioether (sulfide) groups is 1. The second-order valence-electron chi connectivity index (χ2n) is 7.22. The molecule has 1 aromatic carbocycles. The fourth-order valence-corrected chi connectivity index (χ4v) is 5.54. The van der Waals surface area contributed by atoms with Crippen LogP contribution in [0.4, 0.5) is 0 Å². The Balaban J connectivity index is 1.48. The standard InChI is InChI=1S/C20H27N3OS/c1-15-19(16-8-3-4-9-17(16)21-15)20-23(18(24)14-25-20)13-7-12-22-10-5-2-6-11-22/h3-4,8-9,20-21H,2,5-7,10-14H2,1H3. The number of hydrogen-bond acceptors (Lipinski definition) is 3. The smallest absolute Gasteiger partial charge is 0.233 e. The van der Waals surface area contributed by atoms with Crippen LogP contribution in [0.5, 0.6) is 0 Å². The molecule has 2 fully saturated rings. The highest BCUT2D eigenvalue weighted by molar-refractivity contribution is 8.00. The van der Waals surface area contributed by atoms with E-state index in [4.69, 9.17) is 0 Å². The molecular formula is C20H27N3OS. The molecule has 134 valence electrons. The van der Waals surface area contributed by atoms with Crippen molar-refractivity contribution in [3.8, 4) is 0 Å². The molecule has 0 saturated carbocycles. The van der Waals surface area contributed by atoms with Crippen LogP contribution in [0.25, 0.3) is 10.9 Å². The highest BCUT2D eigenvalue weighted by Crippen LogP contribution is 2.43. The molecule has 2 saturated heterocycles. The first kappa shape index (κ1) is 17.0. The van der Waals surface area contributed by atoms with Gasteiger partial charge in [-0.2, -0.15) is 0 Å². The minimum Gasteiger partial charge on any atom is -0.358 e. The van der Waals surface area contributed by atoms with Crippen molar-refractivity contribution in [1.82, 2.24) is 14.8 Å². The topological polar surface area (TPSA) is 39.3 Å². The Morgan fingerprint density at radius 3 is 2.80 bits per heavy atom. The van der Waals surface area contributed by atoms with E-state index in [-0.39, 0.29) is 5.37 Å². The molecule has 1 atom stereocenters. The van der Waals surface area contributed by atoms with E-state index < -0.39 is 0 Å². The summed E-state index contributed by atoms with van der Waals surface area (Å²) in [6.07, 6.45) is 5.11. The second kappa shape index (κ2) is 7.42. The van der Waals surface area contributed by atoms with Crippen molar-refractivity contribution in [3.05, 3.63) is 35.5 Å². The van der Waals surface area contributed by atoms with Crippen molar-refractivity contribution < 1.29 is 4.79 Å². The number of aromatic amines is 1. The number of nitrogens with one attached hydrogen (secondary N) is 1. The van der Waals surface area contributed by atoms with E-state index in [9.17, 15) is 4.79 Å². The highest BCUT2D eigenvalue weighted by atomic mass is 32.2. The van der Waals surface area contributed by atoms with Gasteiger partial charge in [-0.15, -0.1) is 11.8 Å². The normalized spacial score (nSPS) is 22.2. The van der Waals surface area contributed by atoms with Gasteiger partial charge in [0.15, 0.2) is 0 Å². The molecule has 3 heterocycles. The molecule has 1 unspecified atom stereocenters. The number of fused-ring (bicyclic) bond motifs is 1. The van der Waals surface area contributed by atoms with Gasteiger partial charge in [-0.3, -0.25) is 4.79 Å². The van der Waals surface area contributed by atoms with Crippen molar-refractivity contribution in [3.63, 3.8) is 0 Å². The Morgan fingerprint density at radius 2 is 1.96 bits per heavy atom. The van der Waals surface area contributed by atoms with Gasteiger partial charge in [0.2, 0.25) is 5.91 Å². The molecule has 1 aromatic heterocycles. The number of carbonyl (C=O) groups excluding carboxylic acids is 1. The first-order chi connectivity index (χ1) is 12.2. The lowest BCUT2D eigenvalue weighted by Crippen LogP contribution is -2.34. The molecule has 2 aliphatic rings. The van der Waals surface area contributed by atoms with Crippen LogP contribution in [0.2, 0.25) is 0 Å². The molecular weight excluding hydrogens is 330 g/mol. The molecule has 1 amide bonds. The number of aryl methyl sites for hydroxylation is 1. The molecule has 5 heteroatoms. The first-order valence-electron chi connectivity index (χ1n) is 9.44. The maximum Gasteiger partial charge on any atom is 0.233 e. The van der Waals surface area contributed by atoms with E-state index in [2.05, 4.69) is 46.0 Å². The predicted molar refractivity (Wildman–Crippen MR) is 105 cm³/mol. The predicted octanol–water partition coefficient (Wildman–Crippen LogP) is 3.93. The van der Waals surface area contributed by atoms with Crippen molar-refractivity contribution in [2.45, 2.75) is 38.0 Å². The minimum atomic E-state index is 0.157. The number of nitrogens with zero attached hydrogens (tertiary/aromatic N) is 2. The van der Waals surface area contributed by atoms with E-state index in [1.807, 2.05) is 0 Å². The van der Waals surface area contributed by atoms with Crippen LogP contribution in [0, 0.1) is 6.92 Å². The zero-order valence-electron chi connectivity index (χ0n) is 15.0. The molecule has 0 aliphatic carbocycles. The second-order valence-corrected chi connectivity index (χ2v) is 8.28. The summed E-state index contributed by atoms with van der Waals surface area (Å²) in [5, 5.41) is 1.42. The Morgan fingerprint density at radius 1 is 1.16 bits per heavy atom. The van der Waals surface area contributed by atoms with Gasteiger partial charge in [-0.25, -0.2) is 0 Å². The summed E-state index contributed by atoms with van der Waals surface area (Å²) >= 11 is 1.77. The van der Waals surface area contributed by atoms with Gasteiger partial charge in [0.1, 0.15) is 5.37 Å². The number of para-hydroxylation sites is 1. The van der Waals surface area contributed by atoms with Gasteiger partial charge >= 0.3 is 0 Å². The zero-order chi connectivity index (χ0) is 17.2. The van der Waals surface area contributed by atoms with Gasteiger partial charge in [0, 0.05) is 28.7 Å². The number of H-pyrrole nitrogens is 1. The van der Waals surface area contributed by atoms with Crippen molar-refractivity contribution in [1.29, 1.82) is 0 Å².